The lowest BCUT2D eigenvalue weighted by Crippen LogP contribution is -2.32. The highest BCUT2D eigenvalue weighted by Crippen LogP contribution is 2.23. The lowest BCUT2D eigenvalue weighted by Gasteiger charge is -2.19. The molecule has 0 aliphatic carbocycles. The Balaban J connectivity index is 1.94. The Morgan fingerprint density at radius 2 is 1.65 bits per heavy atom. The Kier molecular flexibility index (Phi) is 6.22. The predicted octanol–water partition coefficient (Wildman–Crippen LogP) is 3.97. The number of anilines is 1. The standard InChI is InChI=1S/C20H24N2O4/c1-20(2,3)26-19(24)21-13-14-9-11-15(12-10-14)18(23)22-16-7-5-6-8-17(16)25-4/h5-12H,13H2,1-4H3,(H,21,24)(H,22,23). The molecule has 2 N–H and O–H groups in total. The van der Waals surface area contributed by atoms with Crippen molar-refractivity contribution in [2.24, 2.45) is 0 Å². The molecular weight excluding hydrogens is 332 g/mol. The summed E-state index contributed by atoms with van der Waals surface area (Å²) in [7, 11) is 1.55. The largest absolute Gasteiger partial charge is 0.495 e. The van der Waals surface area contributed by atoms with Gasteiger partial charge in [-0.3, -0.25) is 4.79 Å². The van der Waals surface area contributed by atoms with Crippen molar-refractivity contribution in [1.82, 2.24) is 5.32 Å². The van der Waals surface area contributed by atoms with E-state index in [2.05, 4.69) is 10.6 Å². The van der Waals surface area contributed by atoms with Crippen LogP contribution in [0.5, 0.6) is 5.75 Å². The summed E-state index contributed by atoms with van der Waals surface area (Å²) in [5.74, 6) is 0.361. The van der Waals surface area contributed by atoms with E-state index in [1.165, 1.54) is 0 Å². The molecule has 0 fully saturated rings. The van der Waals surface area contributed by atoms with Crippen molar-refractivity contribution in [3.05, 3.63) is 59.7 Å². The number of rotatable bonds is 5. The van der Waals surface area contributed by atoms with Gasteiger partial charge in [-0.1, -0.05) is 24.3 Å². The number of benzene rings is 2. The van der Waals surface area contributed by atoms with Crippen LogP contribution in [0.4, 0.5) is 10.5 Å². The number of amides is 2. The summed E-state index contributed by atoms with van der Waals surface area (Å²) in [4.78, 5) is 24.0. The highest BCUT2D eigenvalue weighted by atomic mass is 16.6. The molecule has 0 aliphatic heterocycles. The molecule has 6 nitrogen and oxygen atoms in total. The predicted molar refractivity (Wildman–Crippen MR) is 100 cm³/mol. The summed E-state index contributed by atoms with van der Waals surface area (Å²) >= 11 is 0. The molecule has 0 saturated carbocycles. The van der Waals surface area contributed by atoms with Gasteiger partial charge in [0.05, 0.1) is 12.8 Å². The molecule has 0 atom stereocenters. The van der Waals surface area contributed by atoms with Crippen LogP contribution in [0.2, 0.25) is 0 Å². The molecule has 2 aromatic rings. The third kappa shape index (κ3) is 5.81. The van der Waals surface area contributed by atoms with Crippen LogP contribution in [0.1, 0.15) is 36.7 Å². The zero-order valence-corrected chi connectivity index (χ0v) is 15.5. The number of carbonyl (C=O) groups is 2. The second-order valence-corrected chi connectivity index (χ2v) is 6.71. The van der Waals surface area contributed by atoms with Crippen LogP contribution in [0.15, 0.2) is 48.5 Å². The van der Waals surface area contributed by atoms with Crippen LogP contribution in [0.3, 0.4) is 0 Å². The molecule has 0 radical (unpaired) electrons. The summed E-state index contributed by atoms with van der Waals surface area (Å²) < 4.78 is 10.4. The van der Waals surface area contributed by atoms with Crippen molar-refractivity contribution in [1.29, 1.82) is 0 Å². The van der Waals surface area contributed by atoms with Gasteiger partial charge >= 0.3 is 6.09 Å². The third-order valence-corrected chi connectivity index (χ3v) is 3.41. The van der Waals surface area contributed by atoms with E-state index in [4.69, 9.17) is 9.47 Å². The molecule has 138 valence electrons. The summed E-state index contributed by atoms with van der Waals surface area (Å²) in [6.07, 6.45) is -0.476. The van der Waals surface area contributed by atoms with Gasteiger partial charge in [0.15, 0.2) is 0 Å². The summed E-state index contributed by atoms with van der Waals surface area (Å²) in [5, 5.41) is 5.50. The van der Waals surface area contributed by atoms with Gasteiger partial charge in [-0.25, -0.2) is 4.79 Å². The van der Waals surface area contributed by atoms with Crippen LogP contribution < -0.4 is 15.4 Å². The average Bonchev–Trinajstić information content (AvgIpc) is 2.59. The second-order valence-electron chi connectivity index (χ2n) is 6.71. The Labute approximate surface area is 153 Å². The maximum absolute atomic E-state index is 12.4. The molecular formula is C20H24N2O4. The summed E-state index contributed by atoms with van der Waals surface area (Å²) in [6.45, 7) is 5.74. The van der Waals surface area contributed by atoms with Crippen LogP contribution in [0, 0.1) is 0 Å². The Morgan fingerprint density at radius 1 is 1.00 bits per heavy atom. The van der Waals surface area contributed by atoms with E-state index in [0.717, 1.165) is 5.56 Å². The number of carbonyl (C=O) groups excluding carboxylic acids is 2. The number of nitrogens with one attached hydrogen (secondary N) is 2. The number of hydrogen-bond donors (Lipinski definition) is 2. The minimum atomic E-state index is -0.537. The summed E-state index contributed by atoms with van der Waals surface area (Å²) in [6, 6.07) is 14.2. The van der Waals surface area contributed by atoms with Crippen LogP contribution in [-0.4, -0.2) is 24.7 Å². The number of alkyl carbamates (subject to hydrolysis) is 1. The van der Waals surface area contributed by atoms with E-state index in [-0.39, 0.29) is 5.91 Å². The first kappa shape index (κ1) is 19.3. The van der Waals surface area contributed by atoms with Crippen LogP contribution in [0.25, 0.3) is 0 Å². The molecule has 0 saturated heterocycles. The molecule has 0 bridgehead atoms. The molecule has 0 aliphatic rings. The third-order valence-electron chi connectivity index (χ3n) is 3.41. The van der Waals surface area contributed by atoms with E-state index in [1.54, 1.807) is 43.5 Å². The van der Waals surface area contributed by atoms with Gasteiger partial charge < -0.3 is 20.1 Å². The van der Waals surface area contributed by atoms with Crippen molar-refractivity contribution in [2.45, 2.75) is 32.9 Å². The molecule has 2 aromatic carbocycles. The van der Waals surface area contributed by atoms with Gasteiger partial charge in [-0.15, -0.1) is 0 Å². The number of para-hydroxylation sites is 2. The normalized spacial score (nSPS) is 10.8. The fourth-order valence-electron chi connectivity index (χ4n) is 2.20. The Hall–Kier alpha value is -3.02. The van der Waals surface area contributed by atoms with Crippen molar-refractivity contribution >= 4 is 17.7 Å². The van der Waals surface area contributed by atoms with Crippen molar-refractivity contribution in [3.63, 3.8) is 0 Å². The SMILES string of the molecule is COc1ccccc1NC(=O)c1ccc(CNC(=O)OC(C)(C)C)cc1. The van der Waals surface area contributed by atoms with Crippen LogP contribution in [-0.2, 0) is 11.3 Å². The number of ether oxygens (including phenoxy) is 2. The minimum absolute atomic E-state index is 0.235. The Bertz CT molecular complexity index is 764. The van der Waals surface area contributed by atoms with Crippen molar-refractivity contribution in [2.75, 3.05) is 12.4 Å². The number of hydrogen-bond acceptors (Lipinski definition) is 4. The summed E-state index contributed by atoms with van der Waals surface area (Å²) in [5.41, 5.74) is 1.45. The zero-order valence-electron chi connectivity index (χ0n) is 15.5. The highest BCUT2D eigenvalue weighted by Gasteiger charge is 2.15. The molecule has 0 unspecified atom stereocenters. The fraction of sp³-hybridized carbons (Fsp3) is 0.300. The topological polar surface area (TPSA) is 76.7 Å². The fourth-order valence-corrected chi connectivity index (χ4v) is 2.20. The Morgan fingerprint density at radius 3 is 2.27 bits per heavy atom. The monoisotopic (exact) mass is 356 g/mol. The lowest BCUT2D eigenvalue weighted by molar-refractivity contribution is 0.0523. The average molecular weight is 356 g/mol. The smallest absolute Gasteiger partial charge is 0.407 e. The van der Waals surface area contributed by atoms with E-state index < -0.39 is 11.7 Å². The first-order valence-electron chi connectivity index (χ1n) is 8.28. The maximum atomic E-state index is 12.4. The molecule has 0 heterocycles. The lowest BCUT2D eigenvalue weighted by atomic mass is 10.1. The van der Waals surface area contributed by atoms with E-state index in [9.17, 15) is 9.59 Å². The van der Waals surface area contributed by atoms with Crippen molar-refractivity contribution in [3.8, 4) is 5.75 Å². The first-order chi connectivity index (χ1) is 12.3. The maximum Gasteiger partial charge on any atom is 0.407 e. The van der Waals surface area contributed by atoms with E-state index in [1.807, 2.05) is 32.9 Å². The van der Waals surface area contributed by atoms with Gasteiger partial charge in [0.1, 0.15) is 11.4 Å². The molecule has 0 aromatic heterocycles. The molecule has 2 amide bonds. The van der Waals surface area contributed by atoms with Gasteiger partial charge in [0.25, 0.3) is 5.91 Å². The second kappa shape index (κ2) is 8.38. The zero-order chi connectivity index (χ0) is 19.2. The van der Waals surface area contributed by atoms with Crippen molar-refractivity contribution < 1.29 is 19.1 Å². The van der Waals surface area contributed by atoms with Gasteiger partial charge in [-0.05, 0) is 50.6 Å². The number of methoxy groups -OCH3 is 1. The first-order valence-corrected chi connectivity index (χ1v) is 8.28. The van der Waals surface area contributed by atoms with Gasteiger partial charge in [0, 0.05) is 12.1 Å². The molecule has 2 rings (SSSR count). The van der Waals surface area contributed by atoms with Crippen LogP contribution >= 0.6 is 0 Å². The van der Waals surface area contributed by atoms with Gasteiger partial charge in [-0.2, -0.15) is 0 Å². The molecule has 26 heavy (non-hydrogen) atoms. The minimum Gasteiger partial charge on any atom is -0.495 e. The van der Waals surface area contributed by atoms with E-state index in [0.29, 0.717) is 23.5 Å². The molecule has 0 spiro atoms. The molecule has 6 heteroatoms. The highest BCUT2D eigenvalue weighted by molar-refractivity contribution is 6.05. The quantitative estimate of drug-likeness (QED) is 0.850. The van der Waals surface area contributed by atoms with E-state index >= 15 is 0 Å². The van der Waals surface area contributed by atoms with Gasteiger partial charge in [0.2, 0.25) is 0 Å².